The van der Waals surface area contributed by atoms with Crippen LogP contribution in [0.2, 0.25) is 0 Å². The predicted octanol–water partition coefficient (Wildman–Crippen LogP) is 3.50. The summed E-state index contributed by atoms with van der Waals surface area (Å²) < 4.78 is 0.0116. The van der Waals surface area contributed by atoms with E-state index in [2.05, 4.69) is 58.8 Å². The van der Waals surface area contributed by atoms with Crippen LogP contribution in [0.5, 0.6) is 0 Å². The smallest absolute Gasteiger partial charge is 0.101 e. The zero-order valence-electron chi connectivity index (χ0n) is 9.16. The van der Waals surface area contributed by atoms with Crippen molar-refractivity contribution in [3.63, 3.8) is 0 Å². The number of rotatable bonds is 0. The van der Waals surface area contributed by atoms with Gasteiger partial charge in [-0.2, -0.15) is 5.26 Å². The van der Waals surface area contributed by atoms with Crippen molar-refractivity contribution in [2.45, 2.75) is 17.3 Å². The van der Waals surface area contributed by atoms with E-state index in [0.717, 1.165) is 16.8 Å². The van der Waals surface area contributed by atoms with Crippen molar-refractivity contribution in [3.05, 3.63) is 40.7 Å². The van der Waals surface area contributed by atoms with Crippen molar-refractivity contribution >= 4 is 34.7 Å². The Morgan fingerprint density at radius 1 is 1.38 bits per heavy atom. The van der Waals surface area contributed by atoms with Crippen LogP contribution in [0.25, 0.3) is 12.2 Å². The molecular weight excluding hydrogens is 311 g/mol. The van der Waals surface area contributed by atoms with Crippen molar-refractivity contribution in [2.24, 2.45) is 0 Å². The SMILES string of the molecule is Cc1c(C#N)cnc2c1C=CC(C)(I)C=C2. The molecule has 3 heteroatoms. The second-order valence-corrected chi connectivity index (χ2v) is 6.35. The van der Waals surface area contributed by atoms with Gasteiger partial charge in [-0.1, -0.05) is 40.8 Å². The molecule has 2 rings (SSSR count). The summed E-state index contributed by atoms with van der Waals surface area (Å²) >= 11 is 2.38. The topological polar surface area (TPSA) is 36.7 Å². The number of alkyl halides is 1. The Labute approximate surface area is 109 Å². The third-order valence-corrected chi connectivity index (χ3v) is 3.40. The summed E-state index contributed by atoms with van der Waals surface area (Å²) in [6.07, 6.45) is 9.98. The molecule has 16 heavy (non-hydrogen) atoms. The number of nitrogens with zero attached hydrogens (tertiary/aromatic N) is 2. The van der Waals surface area contributed by atoms with Crippen molar-refractivity contribution < 1.29 is 0 Å². The van der Waals surface area contributed by atoms with Gasteiger partial charge in [0.05, 0.1) is 14.7 Å². The Bertz CT molecular complexity index is 534. The Kier molecular flexibility index (Phi) is 2.85. The number of hydrogen-bond donors (Lipinski definition) is 0. The molecule has 0 N–H and O–H groups in total. The fraction of sp³-hybridized carbons (Fsp3) is 0.231. The first kappa shape index (κ1) is 11.3. The summed E-state index contributed by atoms with van der Waals surface area (Å²) in [4.78, 5) is 4.31. The Morgan fingerprint density at radius 3 is 2.75 bits per heavy atom. The maximum atomic E-state index is 8.96. The highest BCUT2D eigenvalue weighted by Gasteiger charge is 2.16. The van der Waals surface area contributed by atoms with Crippen molar-refractivity contribution in [3.8, 4) is 6.07 Å². The van der Waals surface area contributed by atoms with Crippen molar-refractivity contribution in [1.29, 1.82) is 5.26 Å². The van der Waals surface area contributed by atoms with Gasteiger partial charge in [0.15, 0.2) is 0 Å². The lowest BCUT2D eigenvalue weighted by Crippen LogP contribution is -2.04. The fourth-order valence-corrected chi connectivity index (χ4v) is 2.00. The van der Waals surface area contributed by atoms with E-state index in [1.807, 2.05) is 13.0 Å². The molecule has 1 heterocycles. The molecule has 0 amide bonds. The zero-order valence-corrected chi connectivity index (χ0v) is 11.3. The van der Waals surface area contributed by atoms with Gasteiger partial charge in [-0.05, 0) is 25.5 Å². The number of hydrogen-bond acceptors (Lipinski definition) is 2. The minimum atomic E-state index is 0.0116. The van der Waals surface area contributed by atoms with Crippen LogP contribution in [0, 0.1) is 18.3 Å². The highest BCUT2D eigenvalue weighted by Crippen LogP contribution is 2.29. The standard InChI is InChI=1S/C13H11IN2/c1-9-10(7-15)8-16-12-4-6-13(2,14)5-3-11(9)12/h3-6,8H,1-2H3. The molecule has 0 aromatic carbocycles. The van der Waals surface area contributed by atoms with E-state index < -0.39 is 0 Å². The summed E-state index contributed by atoms with van der Waals surface area (Å²) in [7, 11) is 0. The van der Waals surface area contributed by atoms with Crippen LogP contribution in [0.1, 0.15) is 29.3 Å². The molecule has 1 aromatic rings. The van der Waals surface area contributed by atoms with E-state index in [1.54, 1.807) is 6.20 Å². The molecule has 80 valence electrons. The van der Waals surface area contributed by atoms with Gasteiger partial charge < -0.3 is 0 Å². The molecule has 0 spiro atoms. The number of pyridine rings is 1. The largest absolute Gasteiger partial charge is 0.255 e. The summed E-state index contributed by atoms with van der Waals surface area (Å²) in [5.74, 6) is 0. The number of allylic oxidation sites excluding steroid dienone is 2. The normalized spacial score (nSPS) is 22.4. The minimum absolute atomic E-state index is 0.0116. The number of aromatic nitrogens is 1. The van der Waals surface area contributed by atoms with Crippen LogP contribution < -0.4 is 0 Å². The lowest BCUT2D eigenvalue weighted by atomic mass is 10.0. The minimum Gasteiger partial charge on any atom is -0.255 e. The average molecular weight is 322 g/mol. The van der Waals surface area contributed by atoms with E-state index in [9.17, 15) is 0 Å². The van der Waals surface area contributed by atoms with Gasteiger partial charge in [0.2, 0.25) is 0 Å². The molecular formula is C13H11IN2. The number of fused-ring (bicyclic) bond motifs is 1. The average Bonchev–Trinajstić information content (AvgIpc) is 2.39. The van der Waals surface area contributed by atoms with Crippen molar-refractivity contribution in [2.75, 3.05) is 0 Å². The summed E-state index contributed by atoms with van der Waals surface area (Å²) in [6.45, 7) is 4.10. The zero-order chi connectivity index (χ0) is 11.8. The maximum Gasteiger partial charge on any atom is 0.101 e. The summed E-state index contributed by atoms with van der Waals surface area (Å²) in [6, 6.07) is 2.16. The van der Waals surface area contributed by atoms with Gasteiger partial charge in [0, 0.05) is 11.8 Å². The van der Waals surface area contributed by atoms with Crippen molar-refractivity contribution in [1.82, 2.24) is 4.98 Å². The lowest BCUT2D eigenvalue weighted by Gasteiger charge is -2.09. The predicted molar refractivity (Wildman–Crippen MR) is 74.2 cm³/mol. The summed E-state index contributed by atoms with van der Waals surface area (Å²) in [5.41, 5.74) is 3.64. The molecule has 0 saturated carbocycles. The fourth-order valence-electron chi connectivity index (χ4n) is 1.64. The molecule has 0 aliphatic heterocycles. The molecule has 0 radical (unpaired) electrons. The third-order valence-electron chi connectivity index (χ3n) is 2.68. The molecule has 1 aromatic heterocycles. The van der Waals surface area contributed by atoms with Crippen LogP contribution in [-0.4, -0.2) is 8.41 Å². The van der Waals surface area contributed by atoms with Gasteiger partial charge in [-0.15, -0.1) is 0 Å². The maximum absolute atomic E-state index is 8.96. The Hall–Kier alpha value is -1.15. The molecule has 1 unspecified atom stereocenters. The van der Waals surface area contributed by atoms with Gasteiger partial charge in [0.1, 0.15) is 6.07 Å². The lowest BCUT2D eigenvalue weighted by molar-refractivity contribution is 1.07. The summed E-state index contributed by atoms with van der Waals surface area (Å²) in [5, 5.41) is 8.96. The van der Waals surface area contributed by atoms with Crippen LogP contribution in [0.15, 0.2) is 18.3 Å². The quantitative estimate of drug-likeness (QED) is 0.541. The highest BCUT2D eigenvalue weighted by atomic mass is 127. The number of halogens is 1. The van der Waals surface area contributed by atoms with E-state index in [1.165, 1.54) is 0 Å². The third kappa shape index (κ3) is 2.03. The van der Waals surface area contributed by atoms with Crippen LogP contribution in [0.3, 0.4) is 0 Å². The van der Waals surface area contributed by atoms with Crippen LogP contribution in [-0.2, 0) is 0 Å². The molecule has 1 aliphatic carbocycles. The van der Waals surface area contributed by atoms with Gasteiger partial charge in [-0.3, -0.25) is 4.98 Å². The van der Waals surface area contributed by atoms with E-state index in [4.69, 9.17) is 5.26 Å². The molecule has 1 atom stereocenters. The first-order valence-corrected chi connectivity index (χ1v) is 6.08. The monoisotopic (exact) mass is 322 g/mol. The second-order valence-electron chi connectivity index (χ2n) is 4.03. The molecule has 1 aliphatic rings. The van der Waals surface area contributed by atoms with Gasteiger partial charge in [-0.25, -0.2) is 0 Å². The van der Waals surface area contributed by atoms with Gasteiger partial charge in [0.25, 0.3) is 0 Å². The van der Waals surface area contributed by atoms with E-state index in [0.29, 0.717) is 5.56 Å². The molecule has 2 nitrogen and oxygen atoms in total. The Balaban J connectivity index is 2.65. The Morgan fingerprint density at radius 2 is 2.06 bits per heavy atom. The van der Waals surface area contributed by atoms with Crippen LogP contribution in [0.4, 0.5) is 0 Å². The van der Waals surface area contributed by atoms with E-state index in [-0.39, 0.29) is 3.42 Å². The van der Waals surface area contributed by atoms with Gasteiger partial charge >= 0.3 is 0 Å². The first-order valence-electron chi connectivity index (χ1n) is 5.00. The second kappa shape index (κ2) is 4.02. The highest BCUT2D eigenvalue weighted by molar-refractivity contribution is 14.1. The first-order chi connectivity index (χ1) is 7.53. The molecule has 0 fully saturated rings. The number of nitriles is 1. The van der Waals surface area contributed by atoms with Crippen LogP contribution >= 0.6 is 22.6 Å². The molecule has 0 saturated heterocycles. The molecule has 0 bridgehead atoms. The van der Waals surface area contributed by atoms with E-state index >= 15 is 0 Å².